The third-order valence-corrected chi connectivity index (χ3v) is 4.77. The molecule has 1 fully saturated rings. The molecule has 3 aromatic rings. The Morgan fingerprint density at radius 3 is 2.52 bits per heavy atom. The third kappa shape index (κ3) is 4.48. The predicted molar refractivity (Wildman–Crippen MR) is 110 cm³/mol. The van der Waals surface area contributed by atoms with Gasteiger partial charge in [0.05, 0.1) is 18.1 Å². The number of furan rings is 1. The van der Waals surface area contributed by atoms with Crippen LogP contribution in [0.4, 0.5) is 11.4 Å². The van der Waals surface area contributed by atoms with E-state index in [1.807, 2.05) is 0 Å². The number of amides is 2. The van der Waals surface area contributed by atoms with Gasteiger partial charge in [-0.1, -0.05) is 12.1 Å². The van der Waals surface area contributed by atoms with E-state index < -0.39 is 10.8 Å². The normalized spacial score (nSPS) is 13.7. The summed E-state index contributed by atoms with van der Waals surface area (Å²) in [5, 5.41) is 14.0. The van der Waals surface area contributed by atoms with Crippen LogP contribution in [0.5, 0.6) is 5.75 Å². The molecule has 1 N–H and O–H groups in total. The second-order valence-electron chi connectivity index (χ2n) is 6.79. The number of ether oxygens (including phenoxy) is 2. The van der Waals surface area contributed by atoms with Gasteiger partial charge in [-0.3, -0.25) is 19.7 Å². The first kappa shape index (κ1) is 20.4. The van der Waals surface area contributed by atoms with E-state index in [2.05, 4.69) is 5.32 Å². The van der Waals surface area contributed by atoms with Crippen molar-refractivity contribution >= 4 is 34.2 Å². The van der Waals surface area contributed by atoms with Gasteiger partial charge in [-0.15, -0.1) is 0 Å². The maximum absolute atomic E-state index is 13.0. The first-order chi connectivity index (χ1) is 15.0. The van der Waals surface area contributed by atoms with Gasteiger partial charge in [-0.25, -0.2) is 0 Å². The Balaban J connectivity index is 1.50. The summed E-state index contributed by atoms with van der Waals surface area (Å²) in [6, 6.07) is 12.4. The number of benzene rings is 2. The lowest BCUT2D eigenvalue weighted by molar-refractivity contribution is -0.384. The van der Waals surface area contributed by atoms with Gasteiger partial charge in [-0.05, 0) is 24.3 Å². The monoisotopic (exact) mass is 425 g/mol. The SMILES string of the molecule is O=C(COc1ccc([N+](=O)[O-])cc1)Nc1c(C(=O)N2CCOCC2)oc2ccccc12. The molecule has 4 rings (SSSR count). The number of hydrogen-bond donors (Lipinski definition) is 1. The van der Waals surface area contributed by atoms with Crippen molar-refractivity contribution in [2.24, 2.45) is 0 Å². The molecule has 0 unspecified atom stereocenters. The van der Waals surface area contributed by atoms with Crippen LogP contribution in [-0.4, -0.2) is 54.5 Å². The summed E-state index contributed by atoms with van der Waals surface area (Å²) in [5.74, 6) is -0.471. The summed E-state index contributed by atoms with van der Waals surface area (Å²) in [7, 11) is 0. The molecule has 2 aromatic carbocycles. The Labute approximate surface area is 176 Å². The van der Waals surface area contributed by atoms with Crippen molar-refractivity contribution in [2.75, 3.05) is 38.2 Å². The molecule has 160 valence electrons. The van der Waals surface area contributed by atoms with Crippen LogP contribution in [0.1, 0.15) is 10.6 Å². The highest BCUT2D eigenvalue weighted by molar-refractivity contribution is 6.11. The fourth-order valence-electron chi connectivity index (χ4n) is 3.22. The van der Waals surface area contributed by atoms with E-state index in [0.717, 1.165) is 0 Å². The molecule has 0 radical (unpaired) electrons. The Bertz CT molecular complexity index is 1120. The molecular formula is C21H19N3O7. The molecule has 1 aromatic heterocycles. The zero-order valence-corrected chi connectivity index (χ0v) is 16.4. The number of hydrogen-bond acceptors (Lipinski definition) is 7. The number of non-ortho nitro benzene ring substituents is 1. The van der Waals surface area contributed by atoms with Gasteiger partial charge in [0, 0.05) is 30.6 Å². The number of nitrogens with zero attached hydrogens (tertiary/aromatic N) is 2. The Morgan fingerprint density at radius 1 is 1.10 bits per heavy atom. The molecule has 31 heavy (non-hydrogen) atoms. The molecule has 1 saturated heterocycles. The molecule has 1 aliphatic rings. The highest BCUT2D eigenvalue weighted by atomic mass is 16.6. The number of rotatable bonds is 6. The molecule has 0 spiro atoms. The summed E-state index contributed by atoms with van der Waals surface area (Å²) < 4.78 is 16.5. The van der Waals surface area contributed by atoms with Gasteiger partial charge < -0.3 is 24.1 Å². The zero-order chi connectivity index (χ0) is 21.8. The molecule has 10 nitrogen and oxygen atoms in total. The average Bonchev–Trinajstić information content (AvgIpc) is 3.16. The average molecular weight is 425 g/mol. The van der Waals surface area contributed by atoms with Crippen LogP contribution in [0.25, 0.3) is 11.0 Å². The van der Waals surface area contributed by atoms with E-state index in [9.17, 15) is 19.7 Å². The van der Waals surface area contributed by atoms with Crippen molar-refractivity contribution in [1.82, 2.24) is 4.90 Å². The quantitative estimate of drug-likeness (QED) is 0.476. The fraction of sp³-hybridized carbons (Fsp3) is 0.238. The van der Waals surface area contributed by atoms with Crippen LogP contribution in [0.2, 0.25) is 0 Å². The van der Waals surface area contributed by atoms with E-state index >= 15 is 0 Å². The van der Waals surface area contributed by atoms with E-state index in [4.69, 9.17) is 13.9 Å². The number of carbonyl (C=O) groups is 2. The van der Waals surface area contributed by atoms with Gasteiger partial charge in [0.1, 0.15) is 17.0 Å². The number of carbonyl (C=O) groups excluding carboxylic acids is 2. The van der Waals surface area contributed by atoms with E-state index in [0.29, 0.717) is 43.0 Å². The highest BCUT2D eigenvalue weighted by Crippen LogP contribution is 2.32. The standard InChI is InChI=1S/C21H19N3O7/c25-18(13-30-15-7-5-14(6-8-15)24(27)28)22-19-16-3-1-2-4-17(16)31-20(19)21(26)23-9-11-29-12-10-23/h1-8H,9-13H2,(H,22,25). The molecule has 0 atom stereocenters. The lowest BCUT2D eigenvalue weighted by Gasteiger charge is -2.26. The van der Waals surface area contributed by atoms with Crippen molar-refractivity contribution < 1.29 is 28.4 Å². The van der Waals surface area contributed by atoms with Gasteiger partial charge in [0.2, 0.25) is 5.76 Å². The maximum atomic E-state index is 13.0. The molecule has 2 heterocycles. The Kier molecular flexibility index (Phi) is 5.80. The van der Waals surface area contributed by atoms with Crippen LogP contribution in [0, 0.1) is 10.1 Å². The largest absolute Gasteiger partial charge is 0.484 e. The van der Waals surface area contributed by atoms with Crippen LogP contribution < -0.4 is 10.1 Å². The van der Waals surface area contributed by atoms with E-state index in [-0.39, 0.29) is 29.6 Å². The number of anilines is 1. The van der Waals surface area contributed by atoms with Crippen LogP contribution >= 0.6 is 0 Å². The Morgan fingerprint density at radius 2 is 1.81 bits per heavy atom. The highest BCUT2D eigenvalue weighted by Gasteiger charge is 2.27. The molecule has 10 heteroatoms. The minimum Gasteiger partial charge on any atom is -0.484 e. The van der Waals surface area contributed by atoms with Gasteiger partial charge in [-0.2, -0.15) is 0 Å². The summed E-state index contributed by atoms with van der Waals surface area (Å²) in [5.41, 5.74) is 0.683. The molecule has 2 amide bonds. The number of para-hydroxylation sites is 1. The summed E-state index contributed by atoms with van der Waals surface area (Å²) in [6.45, 7) is 1.41. The minimum atomic E-state index is -0.520. The van der Waals surface area contributed by atoms with Crippen molar-refractivity contribution in [3.8, 4) is 5.75 Å². The molecular weight excluding hydrogens is 406 g/mol. The molecule has 0 aliphatic carbocycles. The summed E-state index contributed by atoms with van der Waals surface area (Å²) in [6.07, 6.45) is 0. The van der Waals surface area contributed by atoms with E-state index in [1.54, 1.807) is 29.2 Å². The van der Waals surface area contributed by atoms with E-state index in [1.165, 1.54) is 24.3 Å². The Hall–Kier alpha value is -3.92. The minimum absolute atomic E-state index is 0.0479. The van der Waals surface area contributed by atoms with Gasteiger partial charge in [0.15, 0.2) is 6.61 Å². The second kappa shape index (κ2) is 8.84. The third-order valence-electron chi connectivity index (χ3n) is 4.77. The first-order valence-electron chi connectivity index (χ1n) is 9.58. The number of nitro groups is 1. The molecule has 0 bridgehead atoms. The predicted octanol–water partition coefficient (Wildman–Crippen LogP) is 2.83. The van der Waals surface area contributed by atoms with Crippen molar-refractivity contribution in [3.05, 3.63) is 64.4 Å². The van der Waals surface area contributed by atoms with Gasteiger partial charge >= 0.3 is 0 Å². The van der Waals surface area contributed by atoms with Gasteiger partial charge in [0.25, 0.3) is 17.5 Å². The summed E-state index contributed by atoms with van der Waals surface area (Å²) in [4.78, 5) is 37.3. The number of fused-ring (bicyclic) bond motifs is 1. The van der Waals surface area contributed by atoms with Crippen molar-refractivity contribution in [2.45, 2.75) is 0 Å². The lowest BCUT2D eigenvalue weighted by Crippen LogP contribution is -2.40. The van der Waals surface area contributed by atoms with Crippen molar-refractivity contribution in [1.29, 1.82) is 0 Å². The van der Waals surface area contributed by atoms with Crippen molar-refractivity contribution in [3.63, 3.8) is 0 Å². The first-order valence-corrected chi connectivity index (χ1v) is 9.58. The lowest BCUT2D eigenvalue weighted by atomic mass is 10.2. The van der Waals surface area contributed by atoms with Crippen LogP contribution in [-0.2, 0) is 9.53 Å². The smallest absolute Gasteiger partial charge is 0.291 e. The number of morpholine rings is 1. The second-order valence-corrected chi connectivity index (χ2v) is 6.79. The molecule has 1 aliphatic heterocycles. The maximum Gasteiger partial charge on any atom is 0.291 e. The summed E-state index contributed by atoms with van der Waals surface area (Å²) >= 11 is 0. The topological polar surface area (TPSA) is 124 Å². The van der Waals surface area contributed by atoms with Crippen LogP contribution in [0.3, 0.4) is 0 Å². The zero-order valence-electron chi connectivity index (χ0n) is 16.4. The fourth-order valence-corrected chi connectivity index (χ4v) is 3.22. The molecule has 0 saturated carbocycles. The number of nitrogens with one attached hydrogen (secondary N) is 1. The van der Waals surface area contributed by atoms with Crippen LogP contribution in [0.15, 0.2) is 52.9 Å². The number of nitro benzene ring substituents is 1.